The molecule has 4 heteroatoms. The minimum absolute atomic E-state index is 0.313. The summed E-state index contributed by atoms with van der Waals surface area (Å²) >= 11 is 0. The van der Waals surface area contributed by atoms with Crippen LogP contribution in [0.25, 0.3) is 11.0 Å². The van der Waals surface area contributed by atoms with Gasteiger partial charge in [-0.15, -0.1) is 0 Å². The number of aromatic amines is 1. The Labute approximate surface area is 112 Å². The zero-order valence-electron chi connectivity index (χ0n) is 10.9. The van der Waals surface area contributed by atoms with E-state index < -0.39 is 0 Å². The van der Waals surface area contributed by atoms with Gasteiger partial charge < -0.3 is 9.72 Å². The van der Waals surface area contributed by atoms with E-state index >= 15 is 0 Å². The van der Waals surface area contributed by atoms with Gasteiger partial charge in [-0.05, 0) is 37.8 Å². The van der Waals surface area contributed by atoms with Crippen molar-refractivity contribution in [3.8, 4) is 11.8 Å². The van der Waals surface area contributed by atoms with Gasteiger partial charge in [0, 0.05) is 6.07 Å². The molecule has 0 spiro atoms. The molecular formula is C15H17N3O. The van der Waals surface area contributed by atoms with Crippen LogP contribution in [0.15, 0.2) is 18.2 Å². The fourth-order valence-corrected chi connectivity index (χ4v) is 2.65. The Morgan fingerprint density at radius 2 is 2.16 bits per heavy atom. The fourth-order valence-electron chi connectivity index (χ4n) is 2.65. The van der Waals surface area contributed by atoms with Crippen LogP contribution in [0.1, 0.15) is 37.9 Å². The zero-order valence-corrected chi connectivity index (χ0v) is 10.9. The van der Waals surface area contributed by atoms with Crippen molar-refractivity contribution in [1.82, 2.24) is 9.97 Å². The zero-order chi connectivity index (χ0) is 13.1. The van der Waals surface area contributed by atoms with E-state index in [1.165, 1.54) is 19.3 Å². The van der Waals surface area contributed by atoms with Crippen molar-refractivity contribution >= 4 is 11.0 Å². The number of nitrogens with one attached hydrogen (secondary N) is 1. The topological polar surface area (TPSA) is 61.7 Å². The number of hydrogen-bond donors (Lipinski definition) is 1. The number of rotatable bonds is 3. The number of fused-ring (bicyclic) bond motifs is 1. The highest BCUT2D eigenvalue weighted by molar-refractivity contribution is 5.76. The van der Waals surface area contributed by atoms with Gasteiger partial charge in [0.15, 0.2) is 0 Å². The second kappa shape index (κ2) is 5.31. The van der Waals surface area contributed by atoms with Crippen molar-refractivity contribution in [2.75, 3.05) is 0 Å². The first-order valence-electron chi connectivity index (χ1n) is 6.87. The van der Waals surface area contributed by atoms with E-state index in [0.717, 1.165) is 29.6 Å². The maximum absolute atomic E-state index is 8.68. The molecule has 0 amide bonds. The summed E-state index contributed by atoms with van der Waals surface area (Å²) in [6, 6.07) is 8.00. The van der Waals surface area contributed by atoms with E-state index in [9.17, 15) is 0 Å². The Morgan fingerprint density at radius 1 is 1.32 bits per heavy atom. The van der Waals surface area contributed by atoms with Crippen LogP contribution in [0.5, 0.6) is 5.75 Å². The highest BCUT2D eigenvalue weighted by Crippen LogP contribution is 2.25. The molecule has 0 atom stereocenters. The number of imidazole rings is 1. The average Bonchev–Trinajstić information content (AvgIpc) is 2.82. The summed E-state index contributed by atoms with van der Waals surface area (Å²) < 4.78 is 6.02. The van der Waals surface area contributed by atoms with Crippen LogP contribution < -0.4 is 4.74 Å². The van der Waals surface area contributed by atoms with Crippen molar-refractivity contribution in [3.05, 3.63) is 24.0 Å². The summed E-state index contributed by atoms with van der Waals surface area (Å²) in [6.07, 6.45) is 6.84. The minimum atomic E-state index is 0.313. The molecule has 0 radical (unpaired) electrons. The van der Waals surface area contributed by atoms with Crippen molar-refractivity contribution < 1.29 is 4.74 Å². The number of nitriles is 1. The molecule has 0 aliphatic heterocycles. The Bertz CT molecular complexity index is 605. The lowest BCUT2D eigenvalue weighted by Crippen LogP contribution is -2.19. The van der Waals surface area contributed by atoms with E-state index in [-0.39, 0.29) is 0 Å². The first-order chi connectivity index (χ1) is 9.35. The highest BCUT2D eigenvalue weighted by Gasteiger charge is 2.15. The molecule has 1 saturated carbocycles. The third-order valence-electron chi connectivity index (χ3n) is 3.60. The lowest BCUT2D eigenvalue weighted by molar-refractivity contribution is 0.155. The summed E-state index contributed by atoms with van der Waals surface area (Å²) in [4.78, 5) is 7.52. The van der Waals surface area contributed by atoms with E-state index in [1.54, 1.807) is 0 Å². The highest BCUT2D eigenvalue weighted by atomic mass is 16.5. The summed E-state index contributed by atoms with van der Waals surface area (Å²) in [6.45, 7) is 0. The van der Waals surface area contributed by atoms with Crippen molar-refractivity contribution in [2.45, 2.75) is 44.6 Å². The van der Waals surface area contributed by atoms with Crippen molar-refractivity contribution in [2.24, 2.45) is 0 Å². The second-order valence-electron chi connectivity index (χ2n) is 5.08. The van der Waals surface area contributed by atoms with Gasteiger partial charge in [0.2, 0.25) is 0 Å². The van der Waals surface area contributed by atoms with Gasteiger partial charge in [-0.25, -0.2) is 4.98 Å². The summed E-state index contributed by atoms with van der Waals surface area (Å²) in [7, 11) is 0. The largest absolute Gasteiger partial charge is 0.490 e. The molecule has 1 aliphatic carbocycles. The number of ether oxygens (including phenoxy) is 1. The molecule has 1 fully saturated rings. The van der Waals surface area contributed by atoms with Crippen LogP contribution in [0.4, 0.5) is 0 Å². The molecule has 1 N–H and O–H groups in total. The predicted octanol–water partition coefficient (Wildman–Crippen LogP) is 3.34. The molecular weight excluding hydrogens is 238 g/mol. The Balaban J connectivity index is 1.78. The third kappa shape index (κ3) is 2.70. The normalized spacial score (nSPS) is 16.4. The Morgan fingerprint density at radius 3 is 2.95 bits per heavy atom. The van der Waals surface area contributed by atoms with E-state index in [0.29, 0.717) is 18.3 Å². The smallest absolute Gasteiger partial charge is 0.121 e. The number of aromatic nitrogens is 2. The molecule has 3 rings (SSSR count). The molecule has 98 valence electrons. The van der Waals surface area contributed by atoms with E-state index in [4.69, 9.17) is 10.00 Å². The van der Waals surface area contributed by atoms with Gasteiger partial charge in [0.1, 0.15) is 11.6 Å². The summed E-state index contributed by atoms with van der Waals surface area (Å²) in [5.74, 6) is 1.61. The van der Waals surface area contributed by atoms with Crippen LogP contribution in [0.2, 0.25) is 0 Å². The Hall–Kier alpha value is -2.02. The first-order valence-corrected chi connectivity index (χ1v) is 6.87. The van der Waals surface area contributed by atoms with Gasteiger partial charge >= 0.3 is 0 Å². The fraction of sp³-hybridized carbons (Fsp3) is 0.467. The summed E-state index contributed by atoms with van der Waals surface area (Å²) in [5.41, 5.74) is 1.83. The lowest BCUT2D eigenvalue weighted by Gasteiger charge is -2.22. The SMILES string of the molecule is N#CCc1nc2ccc(OC3CCCCC3)cc2[nH]1. The number of nitrogens with zero attached hydrogens (tertiary/aromatic N) is 2. The van der Waals surface area contributed by atoms with Crippen LogP contribution in [0.3, 0.4) is 0 Å². The minimum Gasteiger partial charge on any atom is -0.490 e. The van der Waals surface area contributed by atoms with Crippen molar-refractivity contribution in [1.29, 1.82) is 5.26 Å². The van der Waals surface area contributed by atoms with Crippen molar-refractivity contribution in [3.63, 3.8) is 0 Å². The average molecular weight is 255 g/mol. The van der Waals surface area contributed by atoms with E-state index in [2.05, 4.69) is 16.0 Å². The molecule has 0 saturated heterocycles. The monoisotopic (exact) mass is 255 g/mol. The van der Waals surface area contributed by atoms with Gasteiger partial charge in [-0.3, -0.25) is 0 Å². The first kappa shape index (κ1) is 12.0. The molecule has 1 heterocycles. The number of hydrogen-bond acceptors (Lipinski definition) is 3. The third-order valence-corrected chi connectivity index (χ3v) is 3.60. The van der Waals surface area contributed by atoms with Crippen LogP contribution in [-0.4, -0.2) is 16.1 Å². The van der Waals surface area contributed by atoms with Crippen LogP contribution in [0, 0.1) is 11.3 Å². The van der Waals surface area contributed by atoms with Gasteiger partial charge in [-0.1, -0.05) is 6.42 Å². The maximum Gasteiger partial charge on any atom is 0.121 e. The molecule has 19 heavy (non-hydrogen) atoms. The molecule has 0 unspecified atom stereocenters. The second-order valence-corrected chi connectivity index (χ2v) is 5.08. The molecule has 1 aromatic heterocycles. The van der Waals surface area contributed by atoms with E-state index in [1.807, 2.05) is 18.2 Å². The quantitative estimate of drug-likeness (QED) is 0.914. The number of H-pyrrole nitrogens is 1. The maximum atomic E-state index is 8.68. The van der Waals surface area contributed by atoms with Crippen LogP contribution in [-0.2, 0) is 6.42 Å². The molecule has 1 aliphatic rings. The standard InChI is InChI=1S/C15H17N3O/c16-9-8-15-17-13-7-6-12(10-14(13)18-15)19-11-4-2-1-3-5-11/h6-7,10-11H,1-5,8H2,(H,17,18). The predicted molar refractivity (Wildman–Crippen MR) is 72.9 cm³/mol. The molecule has 2 aromatic rings. The molecule has 4 nitrogen and oxygen atoms in total. The van der Waals surface area contributed by atoms with Gasteiger partial charge in [-0.2, -0.15) is 5.26 Å². The summed E-state index contributed by atoms with van der Waals surface area (Å²) in [5, 5.41) is 8.68. The Kier molecular flexibility index (Phi) is 3.37. The lowest BCUT2D eigenvalue weighted by atomic mass is 9.98. The molecule has 0 bridgehead atoms. The van der Waals surface area contributed by atoms with Gasteiger partial charge in [0.05, 0.1) is 29.6 Å². The van der Waals surface area contributed by atoms with Crippen LogP contribution >= 0.6 is 0 Å². The van der Waals surface area contributed by atoms with Gasteiger partial charge in [0.25, 0.3) is 0 Å². The number of benzene rings is 1. The molecule has 1 aromatic carbocycles.